The molecule has 0 radical (unpaired) electrons. The Bertz CT molecular complexity index is 1050. The van der Waals surface area contributed by atoms with Gasteiger partial charge in [-0.15, -0.1) is 0 Å². The maximum atomic E-state index is 12.8. The van der Waals surface area contributed by atoms with Crippen LogP contribution in [0.3, 0.4) is 0 Å². The molecule has 2 N–H and O–H groups in total. The summed E-state index contributed by atoms with van der Waals surface area (Å²) in [6.45, 7) is 9.76. The highest BCUT2D eigenvalue weighted by molar-refractivity contribution is 6.01. The molecular weight excluding hydrogens is 448 g/mol. The Morgan fingerprint density at radius 3 is 2.26 bits per heavy atom. The van der Waals surface area contributed by atoms with Crippen molar-refractivity contribution in [3.05, 3.63) is 23.3 Å². The van der Waals surface area contributed by atoms with E-state index in [4.69, 9.17) is 4.74 Å². The maximum Gasteiger partial charge on any atom is 0.321 e. The third-order valence-electron chi connectivity index (χ3n) is 9.50. The van der Waals surface area contributed by atoms with Gasteiger partial charge in [-0.05, 0) is 80.8 Å². The second-order valence-corrected chi connectivity index (χ2v) is 11.3. The van der Waals surface area contributed by atoms with Gasteiger partial charge in [-0.3, -0.25) is 24.5 Å². The molecule has 6 atom stereocenters. The zero-order chi connectivity index (χ0) is 25.8. The van der Waals surface area contributed by atoms with E-state index in [1.807, 2.05) is 11.4 Å². The minimum absolute atomic E-state index is 0.0160. The Kier molecular flexibility index (Phi) is 6.31. The van der Waals surface area contributed by atoms with E-state index in [0.717, 1.165) is 25.7 Å². The lowest BCUT2D eigenvalue weighted by atomic mass is 9.47. The number of allylic oxidation sites excluding steroid dienone is 4. The minimum Gasteiger partial charge on any atom is -0.451 e. The number of ether oxygens (including phenoxy) is 1. The van der Waals surface area contributed by atoms with Crippen LogP contribution in [0.2, 0.25) is 0 Å². The predicted molar refractivity (Wildman–Crippen MR) is 128 cm³/mol. The van der Waals surface area contributed by atoms with Crippen molar-refractivity contribution in [2.45, 2.75) is 78.7 Å². The summed E-state index contributed by atoms with van der Waals surface area (Å²) in [6, 6.07) is -0.398. The zero-order valence-corrected chi connectivity index (χ0v) is 21.3. The summed E-state index contributed by atoms with van der Waals surface area (Å²) < 4.78 is 5.82. The van der Waals surface area contributed by atoms with Crippen molar-refractivity contribution in [1.29, 1.82) is 0 Å². The normalized spacial score (nSPS) is 39.5. The molecule has 0 unspecified atom stereocenters. The molecule has 2 saturated carbocycles. The van der Waals surface area contributed by atoms with Gasteiger partial charge in [0.05, 0.1) is 6.54 Å². The quantitative estimate of drug-likeness (QED) is 0.458. The molecule has 5 aliphatic rings. The molecule has 1 heterocycles. The lowest BCUT2D eigenvalue weighted by Gasteiger charge is -2.58. The number of fused-ring (bicyclic) bond motifs is 5. The van der Waals surface area contributed by atoms with Gasteiger partial charge >= 0.3 is 12.0 Å². The van der Waals surface area contributed by atoms with Gasteiger partial charge in [0.15, 0.2) is 17.2 Å². The van der Waals surface area contributed by atoms with Gasteiger partial charge in [-0.25, -0.2) is 4.79 Å². The van der Waals surface area contributed by atoms with Crippen LogP contribution >= 0.6 is 0 Å². The van der Waals surface area contributed by atoms with Crippen LogP contribution in [0, 0.1) is 28.6 Å². The van der Waals surface area contributed by atoms with Crippen LogP contribution in [0.1, 0.15) is 73.1 Å². The van der Waals surface area contributed by atoms with Crippen molar-refractivity contribution in [3.63, 3.8) is 0 Å². The number of imide groups is 1. The molecule has 4 aliphatic carbocycles. The fraction of sp³-hybridized carbons (Fsp3) is 0.667. The number of Topliss-reactive ketones (excluding diaryl/α,β-unsaturated/α-hetero) is 1. The van der Waals surface area contributed by atoms with Gasteiger partial charge in [0.2, 0.25) is 5.91 Å². The Hall–Kier alpha value is -2.77. The summed E-state index contributed by atoms with van der Waals surface area (Å²) in [7, 11) is 0. The molecule has 190 valence electrons. The Balaban J connectivity index is 0.000000356. The summed E-state index contributed by atoms with van der Waals surface area (Å²) in [5.41, 5.74) is 1.15. The number of urea groups is 1. The second kappa shape index (κ2) is 8.71. The highest BCUT2D eigenvalue weighted by atomic mass is 16.6. The lowest BCUT2D eigenvalue weighted by Crippen LogP contribution is -2.58. The first-order valence-corrected chi connectivity index (χ1v) is 12.6. The van der Waals surface area contributed by atoms with E-state index in [1.54, 1.807) is 6.92 Å². The second-order valence-electron chi connectivity index (χ2n) is 11.3. The molecule has 0 aromatic heterocycles. The third-order valence-corrected chi connectivity index (χ3v) is 9.50. The van der Waals surface area contributed by atoms with Crippen LogP contribution in [0.5, 0.6) is 0 Å². The minimum atomic E-state index is -0.990. The molecule has 35 heavy (non-hydrogen) atoms. The zero-order valence-electron chi connectivity index (χ0n) is 21.3. The Labute approximate surface area is 206 Å². The van der Waals surface area contributed by atoms with Crippen LogP contribution in [-0.2, 0) is 23.9 Å². The van der Waals surface area contributed by atoms with Crippen LogP contribution in [0.4, 0.5) is 4.79 Å². The van der Waals surface area contributed by atoms with Gasteiger partial charge in [-0.2, -0.15) is 0 Å². The SMILES string of the molecule is CC(=O)O[C@]1(C(C)=O)CC[C@H]2[C@@H]3C=C(C)C4=CC(=O)CC[C@]4(C)[C@H]3CC[C@@]21C.O=C1CNC(=O)N1. The van der Waals surface area contributed by atoms with Crippen LogP contribution < -0.4 is 10.6 Å². The van der Waals surface area contributed by atoms with E-state index >= 15 is 0 Å². The first-order chi connectivity index (χ1) is 16.3. The highest BCUT2D eigenvalue weighted by Crippen LogP contribution is 2.67. The molecule has 1 saturated heterocycles. The van der Waals surface area contributed by atoms with Gasteiger partial charge in [-0.1, -0.05) is 25.5 Å². The van der Waals surface area contributed by atoms with Gasteiger partial charge < -0.3 is 10.1 Å². The Morgan fingerprint density at radius 1 is 1.03 bits per heavy atom. The van der Waals surface area contributed by atoms with E-state index < -0.39 is 11.6 Å². The van der Waals surface area contributed by atoms with Crippen LogP contribution in [-0.4, -0.2) is 41.6 Å². The van der Waals surface area contributed by atoms with E-state index in [9.17, 15) is 24.0 Å². The molecule has 5 rings (SSSR count). The van der Waals surface area contributed by atoms with E-state index in [0.29, 0.717) is 30.6 Å². The molecule has 8 heteroatoms. The monoisotopic (exact) mass is 484 g/mol. The fourth-order valence-corrected chi connectivity index (χ4v) is 7.85. The number of ketones is 2. The van der Waals surface area contributed by atoms with E-state index in [-0.39, 0.29) is 40.8 Å². The van der Waals surface area contributed by atoms with Crippen LogP contribution in [0.15, 0.2) is 23.3 Å². The number of amides is 3. The third kappa shape index (κ3) is 3.95. The maximum absolute atomic E-state index is 12.8. The van der Waals surface area contributed by atoms with Crippen molar-refractivity contribution in [2.75, 3.05) is 6.54 Å². The topological polar surface area (TPSA) is 119 Å². The van der Waals surface area contributed by atoms with Crippen molar-refractivity contribution in [2.24, 2.45) is 28.6 Å². The Morgan fingerprint density at radius 2 is 1.71 bits per heavy atom. The van der Waals surface area contributed by atoms with Crippen LogP contribution in [0.25, 0.3) is 0 Å². The summed E-state index contributed by atoms with van der Waals surface area (Å²) in [4.78, 5) is 56.8. The number of carbonyl (C=O) groups excluding carboxylic acids is 5. The van der Waals surface area contributed by atoms with Gasteiger partial charge in [0, 0.05) is 18.8 Å². The lowest BCUT2D eigenvalue weighted by molar-refractivity contribution is -0.185. The average molecular weight is 485 g/mol. The van der Waals surface area contributed by atoms with Crippen molar-refractivity contribution < 1.29 is 28.7 Å². The molecule has 0 spiro atoms. The first-order valence-electron chi connectivity index (χ1n) is 12.6. The number of hydrogen-bond donors (Lipinski definition) is 2. The van der Waals surface area contributed by atoms with E-state index in [2.05, 4.69) is 32.2 Å². The number of nitrogens with one attached hydrogen (secondary N) is 2. The standard InChI is InChI=1S/C24H32O4.C3H4N2O2/c1-14-12-18-19(22(4)9-6-17(27)13-21(14)22)7-10-23(5)20(18)8-11-24(23,15(2)25)28-16(3)26;6-2-1-4-3(7)5-2/h12-13,18-20H,6-11H2,1-5H3;1H2,(H2,4,5,6,7)/t18-,19+,20+,22-,23+,24+;/m1./s1. The van der Waals surface area contributed by atoms with Crippen molar-refractivity contribution in [3.8, 4) is 0 Å². The molecular formula is C27H36N2O6. The first kappa shape index (κ1) is 25.3. The van der Waals surface area contributed by atoms with E-state index in [1.165, 1.54) is 18.1 Å². The summed E-state index contributed by atoms with van der Waals surface area (Å²) >= 11 is 0. The number of esters is 1. The van der Waals surface area contributed by atoms with Gasteiger partial charge in [0.1, 0.15) is 0 Å². The molecule has 3 fully saturated rings. The highest BCUT2D eigenvalue weighted by Gasteiger charge is 2.67. The number of rotatable bonds is 2. The van der Waals surface area contributed by atoms with Crippen molar-refractivity contribution >= 4 is 29.5 Å². The predicted octanol–water partition coefficient (Wildman–Crippen LogP) is 3.40. The molecule has 8 nitrogen and oxygen atoms in total. The molecule has 0 bridgehead atoms. The number of hydrogen-bond acceptors (Lipinski definition) is 6. The summed E-state index contributed by atoms with van der Waals surface area (Å²) in [5.74, 6) is 0.769. The molecule has 0 aromatic rings. The average Bonchev–Trinajstić information content (AvgIpc) is 3.29. The number of carbonyl (C=O) groups is 5. The largest absolute Gasteiger partial charge is 0.451 e. The summed E-state index contributed by atoms with van der Waals surface area (Å²) in [5, 5.41) is 4.30. The summed E-state index contributed by atoms with van der Waals surface area (Å²) in [6.07, 6.45) is 9.20. The molecule has 0 aromatic carbocycles. The smallest absolute Gasteiger partial charge is 0.321 e. The van der Waals surface area contributed by atoms with Crippen molar-refractivity contribution in [1.82, 2.24) is 10.6 Å². The fourth-order valence-electron chi connectivity index (χ4n) is 7.85. The molecule has 3 amide bonds. The van der Waals surface area contributed by atoms with Gasteiger partial charge in [0.25, 0.3) is 0 Å². The molecule has 1 aliphatic heterocycles.